The van der Waals surface area contributed by atoms with Crippen LogP contribution in [0.3, 0.4) is 0 Å². The van der Waals surface area contributed by atoms with Gasteiger partial charge in [0.15, 0.2) is 0 Å². The monoisotopic (exact) mass is 769 g/mol. The van der Waals surface area contributed by atoms with Crippen molar-refractivity contribution in [1.29, 1.82) is 0 Å². The molecule has 1 aliphatic carbocycles. The largest absolute Gasteiger partial charge is 0.0955 e. The molecule has 304 valence electrons. The molecule has 1 unspecified atom stereocenters. The number of rotatable bonds is 10. The summed E-state index contributed by atoms with van der Waals surface area (Å²) < 4.78 is 0. The Morgan fingerprint density at radius 2 is 1.12 bits per heavy atom. The van der Waals surface area contributed by atoms with Crippen LogP contribution < -0.4 is 0 Å². The molecule has 1 atom stereocenters. The van der Waals surface area contributed by atoms with E-state index in [4.69, 9.17) is 0 Å². The summed E-state index contributed by atoms with van der Waals surface area (Å²) in [6.45, 7) is 24.1. The zero-order chi connectivity index (χ0) is 41.2. The van der Waals surface area contributed by atoms with Gasteiger partial charge in [0.1, 0.15) is 0 Å². The van der Waals surface area contributed by atoms with Gasteiger partial charge in [-0.1, -0.05) is 243 Å². The number of fused-ring (bicyclic) bond motifs is 3. The summed E-state index contributed by atoms with van der Waals surface area (Å²) in [5.74, 6) is 1.12. The van der Waals surface area contributed by atoms with Crippen LogP contribution in [0.25, 0.3) is 22.3 Å². The molecule has 0 N–H and O–H groups in total. The molecule has 0 heterocycles. The van der Waals surface area contributed by atoms with Crippen molar-refractivity contribution in [3.63, 3.8) is 0 Å². The lowest BCUT2D eigenvalue weighted by Gasteiger charge is -2.23. The minimum Gasteiger partial charge on any atom is -0.0955 e. The van der Waals surface area contributed by atoms with Crippen LogP contribution in [-0.4, -0.2) is 0 Å². The fourth-order valence-corrected chi connectivity index (χ4v) is 7.59. The summed E-state index contributed by atoms with van der Waals surface area (Å²) in [7, 11) is 0. The second kappa shape index (κ2) is 23.9. The molecule has 0 spiro atoms. The van der Waals surface area contributed by atoms with E-state index >= 15 is 0 Å². The van der Waals surface area contributed by atoms with Crippen LogP contribution in [0, 0.1) is 19.8 Å². The first kappa shape index (κ1) is 47.2. The maximum atomic E-state index is 3.83. The molecule has 0 radical (unpaired) electrons. The Labute approximate surface area is 354 Å². The topological polar surface area (TPSA) is 0 Å². The Hall–Kier alpha value is -5.20. The zero-order valence-electron chi connectivity index (χ0n) is 36.5. The Morgan fingerprint density at radius 1 is 0.603 bits per heavy atom. The average Bonchev–Trinajstić information content (AvgIpc) is 3.44. The summed E-state index contributed by atoms with van der Waals surface area (Å²) in [5.41, 5.74) is 16.6. The highest BCUT2D eigenvalue weighted by molar-refractivity contribution is 5.83. The molecule has 0 heteroatoms. The van der Waals surface area contributed by atoms with Crippen LogP contribution in [0.4, 0.5) is 0 Å². The Morgan fingerprint density at radius 3 is 1.60 bits per heavy atom. The fourth-order valence-electron chi connectivity index (χ4n) is 7.59. The first-order valence-corrected chi connectivity index (χ1v) is 21.2. The molecular formula is C58H72. The van der Waals surface area contributed by atoms with E-state index in [9.17, 15) is 0 Å². The third kappa shape index (κ3) is 14.0. The molecule has 0 nitrogen and oxygen atoms in total. The van der Waals surface area contributed by atoms with E-state index < -0.39 is 0 Å². The van der Waals surface area contributed by atoms with Gasteiger partial charge in [0.2, 0.25) is 0 Å². The van der Waals surface area contributed by atoms with Crippen molar-refractivity contribution in [2.24, 2.45) is 5.92 Å². The highest BCUT2D eigenvalue weighted by Gasteiger charge is 2.35. The molecule has 0 aliphatic heterocycles. The minimum absolute atomic E-state index is 0. The van der Waals surface area contributed by atoms with Gasteiger partial charge in [-0.2, -0.15) is 0 Å². The second-order valence-electron chi connectivity index (χ2n) is 16.6. The molecule has 6 aromatic carbocycles. The molecule has 7 rings (SSSR count). The Balaban J connectivity index is 0.000000278. The number of hydrogen-bond acceptors (Lipinski definition) is 0. The number of hydrogen-bond donors (Lipinski definition) is 0. The minimum atomic E-state index is 0. The van der Waals surface area contributed by atoms with Gasteiger partial charge < -0.3 is 0 Å². The third-order valence-corrected chi connectivity index (χ3v) is 10.7. The first-order valence-electron chi connectivity index (χ1n) is 21.2. The summed E-state index contributed by atoms with van der Waals surface area (Å²) >= 11 is 0. The maximum absolute atomic E-state index is 3.83. The van der Waals surface area contributed by atoms with Crippen molar-refractivity contribution in [2.75, 3.05) is 0 Å². The van der Waals surface area contributed by atoms with Gasteiger partial charge >= 0.3 is 0 Å². The van der Waals surface area contributed by atoms with Gasteiger partial charge in [-0.25, -0.2) is 0 Å². The van der Waals surface area contributed by atoms with E-state index in [-0.39, 0.29) is 12.8 Å². The second-order valence-corrected chi connectivity index (χ2v) is 16.6. The number of aryl methyl sites for hydroxylation is 3. The summed E-state index contributed by atoms with van der Waals surface area (Å²) in [6, 6.07) is 56.2. The van der Waals surface area contributed by atoms with E-state index in [2.05, 4.69) is 189 Å². The molecule has 1 aliphatic rings. The van der Waals surface area contributed by atoms with Crippen LogP contribution in [0.1, 0.15) is 132 Å². The lowest BCUT2D eigenvalue weighted by atomic mass is 9.80. The van der Waals surface area contributed by atoms with Crippen molar-refractivity contribution < 1.29 is 0 Å². The maximum Gasteiger partial charge on any atom is 0.0159 e. The van der Waals surface area contributed by atoms with Gasteiger partial charge in [-0.15, -0.1) is 0 Å². The quantitative estimate of drug-likeness (QED) is 0.130. The van der Waals surface area contributed by atoms with Crippen LogP contribution in [0.5, 0.6) is 0 Å². The third-order valence-electron chi connectivity index (χ3n) is 10.7. The Kier molecular flexibility index (Phi) is 19.4. The summed E-state index contributed by atoms with van der Waals surface area (Å²) in [5, 5.41) is 0. The number of allylic oxidation sites excluding steroid dienone is 3. The first-order chi connectivity index (χ1) is 27.4. The standard InChI is InChI=1S/C32H38.C9H10.C9H12.C7H8.CH4/c1-7-11-25(20-27(18-22(2)3)24-12-9-8-10-13-24)26-15-17-29-28-16-14-23(4)19-30(28)32(5,6)31(29)21-26;1-8(2)9-6-4-3-5-7-9;1-2-6-9-7-4-3-5-8-9;1-7-5-3-2-4-6-7;/h8-10,12-17,19-22,27H,7,11,18H2,1-6H3;3-7H,1H2,2H3;3-5,7-8H,2,6H2,1H3;2-6H,1H3;1H4/b25-20+;;;;. The lowest BCUT2D eigenvalue weighted by molar-refractivity contribution is 0.550. The highest BCUT2D eigenvalue weighted by atomic mass is 14.4. The van der Waals surface area contributed by atoms with E-state index in [0.717, 1.165) is 18.4 Å². The molecule has 0 amide bonds. The highest BCUT2D eigenvalue weighted by Crippen LogP contribution is 2.49. The molecular weight excluding hydrogens is 697 g/mol. The van der Waals surface area contributed by atoms with Gasteiger partial charge in [-0.3, -0.25) is 0 Å². The molecule has 0 fully saturated rings. The SMILES string of the molecule is C.C=C(C)c1ccccc1.CCC/C(=C\C(CC(C)C)c1ccccc1)c1ccc2c(c1)C(C)(C)c1cc(C)ccc1-2.CCCc1ccccc1.Cc1ccccc1. The molecule has 0 saturated carbocycles. The van der Waals surface area contributed by atoms with Gasteiger partial charge in [0.05, 0.1) is 0 Å². The molecule has 58 heavy (non-hydrogen) atoms. The van der Waals surface area contributed by atoms with Crippen molar-refractivity contribution in [1.82, 2.24) is 0 Å². The van der Waals surface area contributed by atoms with Crippen molar-refractivity contribution in [2.45, 2.75) is 113 Å². The fraction of sp³-hybridized carbons (Fsp3) is 0.310. The van der Waals surface area contributed by atoms with Crippen molar-refractivity contribution in [3.8, 4) is 11.1 Å². The number of benzene rings is 6. The van der Waals surface area contributed by atoms with Crippen molar-refractivity contribution >= 4 is 11.1 Å². The van der Waals surface area contributed by atoms with E-state index in [1.165, 1.54) is 80.5 Å². The van der Waals surface area contributed by atoms with Gasteiger partial charge in [0, 0.05) is 11.3 Å². The lowest BCUT2D eigenvalue weighted by Crippen LogP contribution is -2.15. The molecule has 0 aromatic heterocycles. The predicted octanol–water partition coefficient (Wildman–Crippen LogP) is 17.3. The van der Waals surface area contributed by atoms with Crippen LogP contribution in [0.2, 0.25) is 0 Å². The molecule has 6 aromatic rings. The van der Waals surface area contributed by atoms with Crippen molar-refractivity contribution in [3.05, 3.63) is 215 Å². The molecule has 0 bridgehead atoms. The van der Waals surface area contributed by atoms with Crippen LogP contribution in [-0.2, 0) is 11.8 Å². The predicted molar refractivity (Wildman–Crippen MR) is 260 cm³/mol. The smallest absolute Gasteiger partial charge is 0.0159 e. The van der Waals surface area contributed by atoms with Gasteiger partial charge in [0.25, 0.3) is 0 Å². The summed E-state index contributed by atoms with van der Waals surface area (Å²) in [4.78, 5) is 0. The van der Waals surface area contributed by atoms with Crippen LogP contribution >= 0.6 is 0 Å². The van der Waals surface area contributed by atoms with E-state index in [1.54, 1.807) is 0 Å². The molecule has 0 saturated heterocycles. The summed E-state index contributed by atoms with van der Waals surface area (Å²) in [6.07, 6.45) is 8.48. The normalized spacial score (nSPS) is 12.5. The Bertz CT molecular complexity index is 2100. The van der Waals surface area contributed by atoms with E-state index in [1.807, 2.05) is 43.3 Å². The van der Waals surface area contributed by atoms with Crippen LogP contribution in [0.15, 0.2) is 170 Å². The van der Waals surface area contributed by atoms with E-state index in [0.29, 0.717) is 11.8 Å². The zero-order valence-corrected chi connectivity index (χ0v) is 36.5. The average molecular weight is 769 g/mol. The van der Waals surface area contributed by atoms with Gasteiger partial charge in [-0.05, 0) is 102 Å².